The smallest absolute Gasteiger partial charge is 0.155 e. The summed E-state index contributed by atoms with van der Waals surface area (Å²) in [6.45, 7) is 0. The Balaban J connectivity index is 2.00. The summed E-state index contributed by atoms with van der Waals surface area (Å²) in [5.41, 5.74) is 9.55. The molecule has 0 saturated carbocycles. The lowest BCUT2D eigenvalue weighted by Gasteiger charge is -2.04. The maximum Gasteiger partial charge on any atom is 0.155 e. The van der Waals surface area contributed by atoms with Gasteiger partial charge in [0, 0.05) is 16.2 Å². The van der Waals surface area contributed by atoms with E-state index in [2.05, 4.69) is 10.2 Å². The molecule has 0 fully saturated rings. The van der Waals surface area contributed by atoms with Gasteiger partial charge in [-0.15, -0.1) is 10.2 Å². The molecule has 4 heteroatoms. The summed E-state index contributed by atoms with van der Waals surface area (Å²) < 4.78 is 0. The lowest BCUT2D eigenvalue weighted by Crippen LogP contribution is -2.17. The number of hydrogen-bond acceptors (Lipinski definition) is 3. The van der Waals surface area contributed by atoms with Gasteiger partial charge in [-0.25, -0.2) is 0 Å². The highest BCUT2D eigenvalue weighted by molar-refractivity contribution is 6.33. The van der Waals surface area contributed by atoms with Crippen LogP contribution in [0.3, 0.4) is 0 Å². The van der Waals surface area contributed by atoms with Crippen LogP contribution in [0.15, 0.2) is 70.4 Å². The third-order valence-electron chi connectivity index (χ3n) is 3.02. The second-order valence-corrected chi connectivity index (χ2v) is 4.85. The van der Waals surface area contributed by atoms with Gasteiger partial charge in [0.15, 0.2) is 5.84 Å². The van der Waals surface area contributed by atoms with Crippen molar-refractivity contribution in [1.29, 1.82) is 0 Å². The maximum absolute atomic E-state index is 5.93. The van der Waals surface area contributed by atoms with Crippen LogP contribution in [0.5, 0.6) is 0 Å². The molecule has 0 aromatic heterocycles. The summed E-state index contributed by atoms with van der Waals surface area (Å²) in [5.74, 6) is 0.429. The van der Waals surface area contributed by atoms with Crippen LogP contribution in [0, 0.1) is 0 Å². The molecule has 0 radical (unpaired) electrons. The molecule has 0 aliphatic carbocycles. The number of nitrogens with two attached hydrogens (primary N) is 1. The quantitative estimate of drug-likeness (QED) is 0.900. The standard InChI is InChI=1S/C16H12ClN3/c17-13-8-6-11(7-9-13)10-14-15(19-20-16(14)18)12-4-2-1-3-5-12/h1-10H,(H2,18,20)/b14-10+. The molecule has 0 saturated heterocycles. The summed E-state index contributed by atoms with van der Waals surface area (Å²) in [5, 5.41) is 8.85. The lowest BCUT2D eigenvalue weighted by atomic mass is 10.00. The van der Waals surface area contributed by atoms with E-state index in [4.69, 9.17) is 17.3 Å². The fraction of sp³-hybridized carbons (Fsp3) is 0. The topological polar surface area (TPSA) is 50.7 Å². The van der Waals surface area contributed by atoms with Crippen molar-refractivity contribution < 1.29 is 0 Å². The average molecular weight is 282 g/mol. The molecule has 2 N–H and O–H groups in total. The highest BCUT2D eigenvalue weighted by atomic mass is 35.5. The average Bonchev–Trinajstić information content (AvgIpc) is 2.84. The van der Waals surface area contributed by atoms with Gasteiger partial charge in [-0.3, -0.25) is 0 Å². The molecule has 0 amide bonds. The summed E-state index contributed by atoms with van der Waals surface area (Å²) in [7, 11) is 0. The van der Waals surface area contributed by atoms with Gasteiger partial charge in [-0.1, -0.05) is 54.1 Å². The number of nitrogens with zero attached hydrogens (tertiary/aromatic N) is 2. The van der Waals surface area contributed by atoms with Gasteiger partial charge >= 0.3 is 0 Å². The highest BCUT2D eigenvalue weighted by Gasteiger charge is 2.18. The van der Waals surface area contributed by atoms with Crippen LogP contribution in [0.25, 0.3) is 6.08 Å². The zero-order chi connectivity index (χ0) is 13.9. The van der Waals surface area contributed by atoms with Crippen LogP contribution in [0.4, 0.5) is 0 Å². The van der Waals surface area contributed by atoms with Gasteiger partial charge < -0.3 is 5.73 Å². The molecule has 1 aliphatic rings. The molecule has 3 rings (SSSR count). The first-order chi connectivity index (χ1) is 9.74. The molecule has 98 valence electrons. The monoisotopic (exact) mass is 281 g/mol. The Morgan fingerprint density at radius 2 is 1.60 bits per heavy atom. The molecule has 20 heavy (non-hydrogen) atoms. The van der Waals surface area contributed by atoms with Crippen molar-refractivity contribution in [1.82, 2.24) is 0 Å². The van der Waals surface area contributed by atoms with E-state index in [0.717, 1.165) is 22.4 Å². The maximum atomic E-state index is 5.93. The Bertz CT molecular complexity index is 713. The minimum atomic E-state index is 0.429. The van der Waals surface area contributed by atoms with Gasteiger partial charge in [0.1, 0.15) is 5.71 Å². The van der Waals surface area contributed by atoms with Crippen LogP contribution >= 0.6 is 11.6 Å². The van der Waals surface area contributed by atoms with Crippen molar-refractivity contribution in [2.24, 2.45) is 15.9 Å². The zero-order valence-corrected chi connectivity index (χ0v) is 11.4. The number of hydrogen-bond donors (Lipinski definition) is 1. The molecule has 2 aromatic rings. The van der Waals surface area contributed by atoms with Crippen molar-refractivity contribution in [3.05, 3.63) is 76.3 Å². The fourth-order valence-corrected chi connectivity index (χ4v) is 2.14. The van der Waals surface area contributed by atoms with Crippen LogP contribution in [-0.2, 0) is 0 Å². The van der Waals surface area contributed by atoms with Crippen molar-refractivity contribution in [3.8, 4) is 0 Å². The van der Waals surface area contributed by atoms with E-state index < -0.39 is 0 Å². The largest absolute Gasteiger partial charge is 0.382 e. The number of amidine groups is 1. The molecule has 0 bridgehead atoms. The van der Waals surface area contributed by atoms with E-state index in [9.17, 15) is 0 Å². The van der Waals surface area contributed by atoms with E-state index in [0.29, 0.717) is 10.9 Å². The third-order valence-corrected chi connectivity index (χ3v) is 3.27. The molecule has 2 aromatic carbocycles. The Morgan fingerprint density at radius 3 is 2.30 bits per heavy atom. The predicted molar refractivity (Wildman–Crippen MR) is 84.0 cm³/mol. The summed E-state index contributed by atoms with van der Waals surface area (Å²) in [6.07, 6.45) is 1.97. The molecule has 0 atom stereocenters. The van der Waals surface area contributed by atoms with Gasteiger partial charge in [0.25, 0.3) is 0 Å². The zero-order valence-electron chi connectivity index (χ0n) is 10.6. The summed E-state index contributed by atoms with van der Waals surface area (Å²) in [6, 6.07) is 17.4. The molecule has 1 aliphatic heterocycles. The van der Waals surface area contributed by atoms with E-state index in [1.165, 1.54) is 0 Å². The minimum Gasteiger partial charge on any atom is -0.382 e. The molecular weight excluding hydrogens is 270 g/mol. The van der Waals surface area contributed by atoms with E-state index in [-0.39, 0.29) is 0 Å². The van der Waals surface area contributed by atoms with Gasteiger partial charge in [0.05, 0.1) is 0 Å². The van der Waals surface area contributed by atoms with Crippen molar-refractivity contribution in [2.75, 3.05) is 0 Å². The molecule has 0 unspecified atom stereocenters. The van der Waals surface area contributed by atoms with Gasteiger partial charge in [-0.05, 0) is 23.8 Å². The van der Waals surface area contributed by atoms with Crippen molar-refractivity contribution in [3.63, 3.8) is 0 Å². The summed E-state index contributed by atoms with van der Waals surface area (Å²) >= 11 is 5.89. The third kappa shape index (κ3) is 2.49. The number of halogens is 1. The minimum absolute atomic E-state index is 0.429. The van der Waals surface area contributed by atoms with E-state index in [1.54, 1.807) is 0 Å². The van der Waals surface area contributed by atoms with Crippen molar-refractivity contribution >= 4 is 29.2 Å². The van der Waals surface area contributed by atoms with E-state index >= 15 is 0 Å². The second-order valence-electron chi connectivity index (χ2n) is 4.41. The highest BCUT2D eigenvalue weighted by Crippen LogP contribution is 2.19. The Labute approximate surface area is 122 Å². The van der Waals surface area contributed by atoms with Crippen molar-refractivity contribution in [2.45, 2.75) is 0 Å². The van der Waals surface area contributed by atoms with Gasteiger partial charge in [0.2, 0.25) is 0 Å². The number of rotatable bonds is 2. The first-order valence-corrected chi connectivity index (χ1v) is 6.56. The Kier molecular flexibility index (Phi) is 3.35. The SMILES string of the molecule is NC1=NN=C(c2ccccc2)/C1=C\c1ccc(Cl)cc1. The van der Waals surface area contributed by atoms with Crippen LogP contribution < -0.4 is 5.73 Å². The van der Waals surface area contributed by atoms with Gasteiger partial charge in [-0.2, -0.15) is 0 Å². The fourth-order valence-electron chi connectivity index (χ4n) is 2.01. The Hall–Kier alpha value is -2.39. The first kappa shape index (κ1) is 12.6. The lowest BCUT2D eigenvalue weighted by molar-refractivity contribution is 1.26. The molecule has 0 spiro atoms. The molecule has 1 heterocycles. The normalized spacial score (nSPS) is 16.1. The second kappa shape index (κ2) is 5.31. The molecular formula is C16H12ClN3. The first-order valence-electron chi connectivity index (χ1n) is 6.18. The predicted octanol–water partition coefficient (Wildman–Crippen LogP) is 3.50. The van der Waals surface area contributed by atoms with Crippen LogP contribution in [0.1, 0.15) is 11.1 Å². The van der Waals surface area contributed by atoms with Crippen LogP contribution in [-0.4, -0.2) is 11.5 Å². The van der Waals surface area contributed by atoms with E-state index in [1.807, 2.05) is 60.7 Å². The summed E-state index contributed by atoms with van der Waals surface area (Å²) in [4.78, 5) is 0. The number of benzene rings is 2. The van der Waals surface area contributed by atoms with Crippen LogP contribution in [0.2, 0.25) is 5.02 Å². The molecule has 3 nitrogen and oxygen atoms in total. The Morgan fingerprint density at radius 1 is 0.900 bits per heavy atom.